The van der Waals surface area contributed by atoms with Crippen LogP contribution in [0.3, 0.4) is 0 Å². The number of piperidine rings is 1. The van der Waals surface area contributed by atoms with Crippen LogP contribution in [0.15, 0.2) is 54.6 Å². The molecule has 0 unspecified atom stereocenters. The highest BCUT2D eigenvalue weighted by atomic mass is 32.2. The minimum Gasteiger partial charge on any atom is -0.305 e. The normalized spacial score (nSPS) is 21.8. The van der Waals surface area contributed by atoms with Crippen molar-refractivity contribution in [3.8, 4) is 11.1 Å². The van der Waals surface area contributed by atoms with Crippen LogP contribution in [0.2, 0.25) is 0 Å². The zero-order valence-electron chi connectivity index (χ0n) is 15.7. The highest BCUT2D eigenvalue weighted by Gasteiger charge is 2.32. The third-order valence-electron chi connectivity index (χ3n) is 5.20. The Bertz CT molecular complexity index is 817. The predicted octanol–water partition coefficient (Wildman–Crippen LogP) is 3.47. The van der Waals surface area contributed by atoms with Gasteiger partial charge in [-0.2, -0.15) is 0 Å². The summed E-state index contributed by atoms with van der Waals surface area (Å²) in [5.74, 6) is 0.199. The van der Waals surface area contributed by atoms with Crippen molar-refractivity contribution in [2.45, 2.75) is 37.5 Å². The third-order valence-corrected chi connectivity index (χ3v) is 7.07. The summed E-state index contributed by atoms with van der Waals surface area (Å²) in [6.45, 7) is 5.15. The maximum absolute atomic E-state index is 12.4. The Hall–Kier alpha value is -1.69. The standard InChI is InChI=1S/C21H28N2O2S/c1-16(2)26(24,25)22-21-15-23(3)14-13-20(21)19-11-9-18(10-12-19)17-7-5-4-6-8-17/h4-12,16,20-22H,13-15H2,1-3H3/t20-,21+/m1/s1. The number of nitrogens with zero attached hydrogens (tertiary/aromatic N) is 1. The Morgan fingerprint density at radius 3 is 2.23 bits per heavy atom. The van der Waals surface area contributed by atoms with Gasteiger partial charge in [-0.05, 0) is 50.6 Å². The minimum absolute atomic E-state index is 0.0938. The summed E-state index contributed by atoms with van der Waals surface area (Å²) < 4.78 is 27.7. The van der Waals surface area contributed by atoms with E-state index in [4.69, 9.17) is 0 Å². The molecule has 1 aliphatic heterocycles. The summed E-state index contributed by atoms with van der Waals surface area (Å²) in [5, 5.41) is -0.421. The lowest BCUT2D eigenvalue weighted by Gasteiger charge is -2.37. The molecule has 1 saturated heterocycles. The molecule has 26 heavy (non-hydrogen) atoms. The molecule has 0 bridgehead atoms. The number of sulfonamides is 1. The first-order chi connectivity index (χ1) is 12.4. The topological polar surface area (TPSA) is 49.4 Å². The van der Waals surface area contributed by atoms with E-state index < -0.39 is 15.3 Å². The summed E-state index contributed by atoms with van der Waals surface area (Å²) in [6.07, 6.45) is 0.951. The Morgan fingerprint density at radius 1 is 1.00 bits per heavy atom. The van der Waals surface area contributed by atoms with Crippen LogP contribution in [0.25, 0.3) is 11.1 Å². The summed E-state index contributed by atoms with van der Waals surface area (Å²) in [7, 11) is -1.24. The molecule has 2 aromatic rings. The largest absolute Gasteiger partial charge is 0.305 e. The molecule has 1 N–H and O–H groups in total. The molecule has 0 saturated carbocycles. The predicted molar refractivity (Wildman–Crippen MR) is 108 cm³/mol. The van der Waals surface area contributed by atoms with Crippen molar-refractivity contribution in [2.24, 2.45) is 0 Å². The number of hydrogen-bond donors (Lipinski definition) is 1. The molecule has 0 aliphatic carbocycles. The first kappa shape index (κ1) is 19.1. The van der Waals surface area contributed by atoms with E-state index in [-0.39, 0.29) is 12.0 Å². The molecule has 5 heteroatoms. The van der Waals surface area contributed by atoms with E-state index in [1.54, 1.807) is 13.8 Å². The maximum atomic E-state index is 12.4. The lowest BCUT2D eigenvalue weighted by Crippen LogP contribution is -2.51. The fraction of sp³-hybridized carbons (Fsp3) is 0.429. The fourth-order valence-corrected chi connectivity index (χ4v) is 4.47. The van der Waals surface area contributed by atoms with E-state index >= 15 is 0 Å². The van der Waals surface area contributed by atoms with Gasteiger partial charge in [0, 0.05) is 18.5 Å². The molecule has 4 nitrogen and oxygen atoms in total. The van der Waals surface area contributed by atoms with Crippen molar-refractivity contribution < 1.29 is 8.42 Å². The van der Waals surface area contributed by atoms with Crippen molar-refractivity contribution >= 4 is 10.0 Å². The molecule has 140 valence electrons. The molecular weight excluding hydrogens is 344 g/mol. The summed E-state index contributed by atoms with van der Waals surface area (Å²) >= 11 is 0. The van der Waals surface area contributed by atoms with Crippen molar-refractivity contribution in [1.29, 1.82) is 0 Å². The van der Waals surface area contributed by atoms with Crippen LogP contribution in [0.4, 0.5) is 0 Å². The van der Waals surface area contributed by atoms with E-state index in [1.165, 1.54) is 16.7 Å². The molecular formula is C21H28N2O2S. The van der Waals surface area contributed by atoms with Crippen molar-refractivity contribution in [3.05, 3.63) is 60.2 Å². The van der Waals surface area contributed by atoms with Gasteiger partial charge in [0.2, 0.25) is 10.0 Å². The van der Waals surface area contributed by atoms with Crippen LogP contribution in [0.1, 0.15) is 31.7 Å². The van der Waals surface area contributed by atoms with Gasteiger partial charge in [0.15, 0.2) is 0 Å². The quantitative estimate of drug-likeness (QED) is 0.874. The molecule has 1 fully saturated rings. The molecule has 0 radical (unpaired) electrons. The van der Waals surface area contributed by atoms with Crippen molar-refractivity contribution in [2.75, 3.05) is 20.1 Å². The molecule has 3 rings (SSSR count). The van der Waals surface area contributed by atoms with Gasteiger partial charge in [0.05, 0.1) is 5.25 Å². The number of rotatable bonds is 5. The van der Waals surface area contributed by atoms with Gasteiger partial charge in [0.25, 0.3) is 0 Å². The smallest absolute Gasteiger partial charge is 0.214 e. The van der Waals surface area contributed by atoms with E-state index in [0.29, 0.717) is 0 Å². The third kappa shape index (κ3) is 4.34. The number of likely N-dealkylation sites (N-methyl/N-ethyl adjacent to an activating group) is 1. The zero-order chi connectivity index (χ0) is 18.7. The van der Waals surface area contributed by atoms with Crippen LogP contribution in [0, 0.1) is 0 Å². The molecule has 0 aromatic heterocycles. The van der Waals surface area contributed by atoms with Gasteiger partial charge >= 0.3 is 0 Å². The van der Waals surface area contributed by atoms with Gasteiger partial charge in [-0.1, -0.05) is 54.6 Å². The minimum atomic E-state index is -3.29. The van der Waals surface area contributed by atoms with Crippen LogP contribution < -0.4 is 4.72 Å². The monoisotopic (exact) mass is 372 g/mol. The van der Waals surface area contributed by atoms with Gasteiger partial charge in [-0.3, -0.25) is 0 Å². The second kappa shape index (κ2) is 7.91. The number of nitrogens with one attached hydrogen (secondary N) is 1. The number of hydrogen-bond acceptors (Lipinski definition) is 3. The lowest BCUT2D eigenvalue weighted by atomic mass is 9.85. The van der Waals surface area contributed by atoms with E-state index in [2.05, 4.69) is 46.0 Å². The highest BCUT2D eigenvalue weighted by molar-refractivity contribution is 7.90. The average molecular weight is 373 g/mol. The van der Waals surface area contributed by atoms with Gasteiger partial charge in [0.1, 0.15) is 0 Å². The molecule has 2 aromatic carbocycles. The van der Waals surface area contributed by atoms with Crippen molar-refractivity contribution in [3.63, 3.8) is 0 Å². The summed E-state index contributed by atoms with van der Waals surface area (Å²) in [5.41, 5.74) is 3.58. The average Bonchev–Trinajstić information content (AvgIpc) is 2.62. The SMILES string of the molecule is CC(C)S(=O)(=O)N[C@H]1CN(C)CC[C@@H]1c1ccc(-c2ccccc2)cc1. The van der Waals surface area contributed by atoms with Gasteiger partial charge in [-0.15, -0.1) is 0 Å². The zero-order valence-corrected chi connectivity index (χ0v) is 16.5. The summed E-state index contributed by atoms with van der Waals surface area (Å²) in [6, 6.07) is 18.8. The maximum Gasteiger partial charge on any atom is 0.214 e. The molecule has 0 spiro atoms. The molecule has 0 amide bonds. The van der Waals surface area contributed by atoms with E-state index in [0.717, 1.165) is 19.5 Å². The Kier molecular flexibility index (Phi) is 5.80. The second-order valence-electron chi connectivity index (χ2n) is 7.46. The van der Waals surface area contributed by atoms with E-state index in [9.17, 15) is 8.42 Å². The fourth-order valence-electron chi connectivity index (χ4n) is 3.53. The summed E-state index contributed by atoms with van der Waals surface area (Å²) in [4.78, 5) is 2.20. The molecule has 1 heterocycles. The van der Waals surface area contributed by atoms with Crippen LogP contribution in [-0.4, -0.2) is 44.7 Å². The Morgan fingerprint density at radius 2 is 1.62 bits per heavy atom. The highest BCUT2D eigenvalue weighted by Crippen LogP contribution is 2.30. The van der Waals surface area contributed by atoms with Crippen LogP contribution >= 0.6 is 0 Å². The van der Waals surface area contributed by atoms with Crippen molar-refractivity contribution in [1.82, 2.24) is 9.62 Å². The molecule has 2 atom stereocenters. The second-order valence-corrected chi connectivity index (χ2v) is 9.73. The molecule has 1 aliphatic rings. The van der Waals surface area contributed by atoms with E-state index in [1.807, 2.05) is 25.2 Å². The number of likely N-dealkylation sites (tertiary alicyclic amines) is 1. The van der Waals surface area contributed by atoms with Crippen LogP contribution in [0.5, 0.6) is 0 Å². The number of benzene rings is 2. The van der Waals surface area contributed by atoms with Crippen LogP contribution in [-0.2, 0) is 10.0 Å². The Balaban J connectivity index is 1.83. The first-order valence-electron chi connectivity index (χ1n) is 9.22. The first-order valence-corrected chi connectivity index (χ1v) is 10.8. The Labute approximate surface area is 157 Å². The lowest BCUT2D eigenvalue weighted by molar-refractivity contribution is 0.218. The van der Waals surface area contributed by atoms with Gasteiger partial charge in [-0.25, -0.2) is 13.1 Å². The van der Waals surface area contributed by atoms with Gasteiger partial charge < -0.3 is 4.90 Å².